The van der Waals surface area contributed by atoms with Gasteiger partial charge < -0.3 is 24.1 Å². The molecule has 1 amide bonds. The van der Waals surface area contributed by atoms with Gasteiger partial charge in [0.05, 0.1) is 50.7 Å². The van der Waals surface area contributed by atoms with Crippen LogP contribution in [-0.4, -0.2) is 54.5 Å². The zero-order chi connectivity index (χ0) is 22.4. The lowest BCUT2D eigenvalue weighted by molar-refractivity contribution is -0.895. The molecule has 1 aromatic carbocycles. The number of hydrogen-bond acceptors (Lipinski definition) is 5. The van der Waals surface area contributed by atoms with E-state index in [-0.39, 0.29) is 11.3 Å². The molecule has 0 spiro atoms. The van der Waals surface area contributed by atoms with Crippen LogP contribution < -0.4 is 9.64 Å². The molecule has 1 aliphatic rings. The number of amides is 1. The molecule has 0 unspecified atom stereocenters. The molecular weight excluding hydrogens is 396 g/mol. The normalized spacial score (nSPS) is 16.5. The zero-order valence-corrected chi connectivity index (χ0v) is 18.4. The van der Waals surface area contributed by atoms with Gasteiger partial charge in [-0.25, -0.2) is 0 Å². The number of aliphatic hydroxyl groups is 1. The second-order valence-electron chi connectivity index (χ2n) is 7.60. The summed E-state index contributed by atoms with van der Waals surface area (Å²) in [6.07, 6.45) is 2.27. The van der Waals surface area contributed by atoms with Crippen LogP contribution in [-0.2, 0) is 4.79 Å². The van der Waals surface area contributed by atoms with Crippen LogP contribution in [0.25, 0.3) is 0 Å². The maximum absolute atomic E-state index is 13.2. The van der Waals surface area contributed by atoms with Crippen molar-refractivity contribution in [1.29, 1.82) is 0 Å². The molecule has 0 saturated heterocycles. The van der Waals surface area contributed by atoms with Crippen LogP contribution in [0.5, 0.6) is 5.75 Å². The lowest BCUT2D eigenvalue weighted by Gasteiger charge is -2.28. The Morgan fingerprint density at radius 3 is 2.61 bits per heavy atom. The number of quaternary nitrogens is 1. The van der Waals surface area contributed by atoms with Gasteiger partial charge in [0.15, 0.2) is 11.5 Å². The minimum atomic E-state index is -0.703. The minimum absolute atomic E-state index is 0.0436. The fourth-order valence-corrected chi connectivity index (χ4v) is 3.88. The van der Waals surface area contributed by atoms with Gasteiger partial charge in [-0.3, -0.25) is 9.59 Å². The van der Waals surface area contributed by atoms with Crippen molar-refractivity contribution in [2.24, 2.45) is 0 Å². The first kappa shape index (κ1) is 22.6. The summed E-state index contributed by atoms with van der Waals surface area (Å²) in [5, 5.41) is 10.7. The summed E-state index contributed by atoms with van der Waals surface area (Å²) in [5.41, 5.74) is 0.762. The van der Waals surface area contributed by atoms with Crippen molar-refractivity contribution in [3.05, 3.63) is 65.3 Å². The molecular formula is C24H31N2O5+. The average Bonchev–Trinajstić information content (AvgIpc) is 3.41. The number of Topliss-reactive ketones (excluding diaryl/α,β-unsaturated/α-hetero) is 1. The van der Waals surface area contributed by atoms with Gasteiger partial charge in [0.1, 0.15) is 5.75 Å². The number of nitrogens with one attached hydrogen (secondary N) is 1. The Hall–Kier alpha value is -3.06. The van der Waals surface area contributed by atoms with Gasteiger partial charge in [-0.1, -0.05) is 19.1 Å². The molecule has 0 fully saturated rings. The summed E-state index contributed by atoms with van der Waals surface area (Å²) in [6, 6.07) is 9.80. The minimum Gasteiger partial charge on any atom is -0.503 e. The van der Waals surface area contributed by atoms with Crippen molar-refractivity contribution in [2.45, 2.75) is 33.2 Å². The van der Waals surface area contributed by atoms with Crippen molar-refractivity contribution in [3.8, 4) is 5.75 Å². The van der Waals surface area contributed by atoms with E-state index in [1.54, 1.807) is 11.0 Å². The van der Waals surface area contributed by atoms with Crippen LogP contribution in [0.4, 0.5) is 0 Å². The quantitative estimate of drug-likeness (QED) is 0.539. The standard InChI is InChI=1S/C24H30N2O5/c1-4-14-30-18-10-7-9-17(16-18)21-20(22(27)19-11-8-15-31-19)23(28)24(29)26(21)13-12-25(5-2)6-3/h7-11,15-16,21,28H,4-6,12-14H2,1-3H3/p+1/t21-/m1/s1. The summed E-state index contributed by atoms with van der Waals surface area (Å²) in [7, 11) is 0. The van der Waals surface area contributed by atoms with Crippen LogP contribution in [0, 0.1) is 0 Å². The smallest absolute Gasteiger partial charge is 0.290 e. The predicted octanol–water partition coefficient (Wildman–Crippen LogP) is 2.57. The lowest BCUT2D eigenvalue weighted by Crippen LogP contribution is -3.12. The van der Waals surface area contributed by atoms with Gasteiger partial charge in [0.25, 0.3) is 5.91 Å². The highest BCUT2D eigenvalue weighted by atomic mass is 16.5. The van der Waals surface area contributed by atoms with E-state index in [0.717, 1.165) is 31.6 Å². The van der Waals surface area contributed by atoms with Gasteiger partial charge in [-0.15, -0.1) is 0 Å². The Morgan fingerprint density at radius 2 is 1.97 bits per heavy atom. The van der Waals surface area contributed by atoms with Crippen molar-refractivity contribution in [1.82, 2.24) is 4.90 Å². The third-order valence-electron chi connectivity index (χ3n) is 5.65. The van der Waals surface area contributed by atoms with Crippen LogP contribution in [0.3, 0.4) is 0 Å². The van der Waals surface area contributed by atoms with E-state index in [9.17, 15) is 14.7 Å². The Bertz CT molecular complexity index is 931. The molecule has 0 aliphatic carbocycles. The number of ketones is 1. The highest BCUT2D eigenvalue weighted by Crippen LogP contribution is 2.39. The molecule has 0 saturated carbocycles. The van der Waals surface area contributed by atoms with Crippen molar-refractivity contribution in [3.63, 3.8) is 0 Å². The Balaban J connectivity index is 2.00. The van der Waals surface area contributed by atoms with Crippen LogP contribution in [0.1, 0.15) is 49.4 Å². The fourth-order valence-electron chi connectivity index (χ4n) is 3.88. The molecule has 0 radical (unpaired) electrons. The van der Waals surface area contributed by atoms with Gasteiger partial charge in [-0.05, 0) is 50.1 Å². The molecule has 31 heavy (non-hydrogen) atoms. The zero-order valence-electron chi connectivity index (χ0n) is 18.4. The predicted molar refractivity (Wildman–Crippen MR) is 116 cm³/mol. The van der Waals surface area contributed by atoms with Gasteiger partial charge >= 0.3 is 0 Å². The molecule has 2 N–H and O–H groups in total. The number of furan rings is 1. The maximum Gasteiger partial charge on any atom is 0.290 e. The number of carbonyl (C=O) groups is 2. The average molecular weight is 428 g/mol. The fraction of sp³-hybridized carbons (Fsp3) is 0.417. The number of carbonyl (C=O) groups excluding carboxylic acids is 2. The third-order valence-corrected chi connectivity index (χ3v) is 5.65. The second kappa shape index (κ2) is 10.3. The summed E-state index contributed by atoms with van der Waals surface area (Å²) in [4.78, 5) is 29.1. The van der Waals surface area contributed by atoms with Crippen molar-refractivity contribution in [2.75, 3.05) is 32.8 Å². The number of aliphatic hydroxyl groups excluding tert-OH is 1. The van der Waals surface area contributed by atoms with Crippen LogP contribution in [0.2, 0.25) is 0 Å². The summed E-state index contributed by atoms with van der Waals surface area (Å²) >= 11 is 0. The molecule has 2 heterocycles. The molecule has 7 nitrogen and oxygen atoms in total. The number of rotatable bonds is 11. The van der Waals surface area contributed by atoms with Crippen LogP contribution >= 0.6 is 0 Å². The van der Waals surface area contributed by atoms with Gasteiger partial charge in [0, 0.05) is 0 Å². The molecule has 166 valence electrons. The third kappa shape index (κ3) is 4.82. The molecule has 0 bridgehead atoms. The Labute approximate surface area is 182 Å². The van der Waals surface area contributed by atoms with E-state index < -0.39 is 23.5 Å². The van der Waals surface area contributed by atoms with Crippen molar-refractivity contribution < 1.29 is 28.7 Å². The van der Waals surface area contributed by atoms with Gasteiger partial charge in [0.2, 0.25) is 5.78 Å². The summed E-state index contributed by atoms with van der Waals surface area (Å²) in [6.45, 7) is 9.79. The van der Waals surface area contributed by atoms with Gasteiger partial charge in [-0.2, -0.15) is 0 Å². The number of hydrogen-bond donors (Lipinski definition) is 2. The number of benzene rings is 1. The largest absolute Gasteiger partial charge is 0.503 e. The topological polar surface area (TPSA) is 84.4 Å². The van der Waals surface area contributed by atoms with E-state index in [1.165, 1.54) is 17.2 Å². The molecule has 2 aromatic rings. The van der Waals surface area contributed by atoms with E-state index in [4.69, 9.17) is 9.15 Å². The second-order valence-corrected chi connectivity index (χ2v) is 7.60. The molecule has 1 aromatic heterocycles. The highest BCUT2D eigenvalue weighted by molar-refractivity contribution is 6.15. The SMILES string of the molecule is CCCOc1cccc([C@@H]2C(C(=O)c3ccco3)=C(O)C(=O)N2CC[NH+](CC)CC)c1. The van der Waals surface area contributed by atoms with Crippen LogP contribution in [0.15, 0.2) is 58.4 Å². The van der Waals surface area contributed by atoms with Crippen molar-refractivity contribution >= 4 is 11.7 Å². The van der Waals surface area contributed by atoms with E-state index >= 15 is 0 Å². The Kier molecular flexibility index (Phi) is 7.52. The number of likely N-dealkylation sites (N-methyl/N-ethyl adjacent to an activating group) is 1. The highest BCUT2D eigenvalue weighted by Gasteiger charge is 2.44. The van der Waals surface area contributed by atoms with E-state index in [0.29, 0.717) is 18.9 Å². The first-order chi connectivity index (χ1) is 15.0. The molecule has 1 atom stereocenters. The molecule has 7 heteroatoms. The van der Waals surface area contributed by atoms with E-state index in [1.807, 2.05) is 31.2 Å². The monoisotopic (exact) mass is 427 g/mol. The number of nitrogens with zero attached hydrogens (tertiary/aromatic N) is 1. The molecule has 3 rings (SSSR count). The first-order valence-electron chi connectivity index (χ1n) is 10.9. The maximum atomic E-state index is 13.2. The van der Waals surface area contributed by atoms with E-state index in [2.05, 4.69) is 13.8 Å². The number of ether oxygens (including phenoxy) is 1. The molecule has 1 aliphatic heterocycles. The Morgan fingerprint density at radius 1 is 1.19 bits per heavy atom. The first-order valence-corrected chi connectivity index (χ1v) is 10.9. The lowest BCUT2D eigenvalue weighted by atomic mass is 9.95. The summed E-state index contributed by atoms with van der Waals surface area (Å²) in [5.74, 6) is -0.781. The summed E-state index contributed by atoms with van der Waals surface area (Å²) < 4.78 is 11.0.